The summed E-state index contributed by atoms with van der Waals surface area (Å²) in [6, 6.07) is -1.08. The van der Waals surface area contributed by atoms with Gasteiger partial charge in [0.1, 0.15) is 6.04 Å². The highest BCUT2D eigenvalue weighted by molar-refractivity contribution is 6.16. The van der Waals surface area contributed by atoms with Crippen LogP contribution >= 0.6 is 0 Å². The summed E-state index contributed by atoms with van der Waals surface area (Å²) < 4.78 is 0. The van der Waals surface area contributed by atoms with E-state index in [2.05, 4.69) is 11.9 Å². The summed E-state index contributed by atoms with van der Waals surface area (Å²) in [4.78, 5) is 46.2. The Morgan fingerprint density at radius 2 is 1.89 bits per heavy atom. The monoisotopic (exact) mass is 266 g/mol. The van der Waals surface area contributed by atoms with E-state index in [1.807, 2.05) is 0 Å². The van der Waals surface area contributed by atoms with Crippen LogP contribution in [-0.4, -0.2) is 52.7 Å². The molecule has 7 heteroatoms. The highest BCUT2D eigenvalue weighted by Crippen LogP contribution is 2.12. The summed E-state index contributed by atoms with van der Waals surface area (Å²) in [6.45, 7) is 4.44. The second-order valence-electron chi connectivity index (χ2n) is 4.06. The smallest absolute Gasteiger partial charge is 0.317 e. The van der Waals surface area contributed by atoms with Gasteiger partial charge in [0.25, 0.3) is 11.8 Å². The number of hydrogen-bond donors (Lipinski definition) is 2. The van der Waals surface area contributed by atoms with Crippen LogP contribution in [0.25, 0.3) is 0 Å². The molecule has 1 heterocycles. The van der Waals surface area contributed by atoms with Crippen LogP contribution in [0.1, 0.15) is 6.92 Å². The van der Waals surface area contributed by atoms with Gasteiger partial charge in [0.15, 0.2) is 5.78 Å². The Morgan fingerprint density at radius 1 is 1.37 bits per heavy atom. The average Bonchev–Trinajstić information content (AvgIpc) is 2.64. The van der Waals surface area contributed by atoms with Crippen LogP contribution in [0.5, 0.6) is 0 Å². The van der Waals surface area contributed by atoms with Crippen LogP contribution in [0.15, 0.2) is 24.3 Å². The standard InChI is InChI=1S/C12H14N2O5/c1-7(2)12(19)8(5-13-6-11(17)18)14-9(15)3-4-10(14)16/h3-4,8,13H,1,5-6H2,2H3,(H,17,18). The minimum atomic E-state index is -1.10. The van der Waals surface area contributed by atoms with Gasteiger partial charge in [-0.3, -0.25) is 24.1 Å². The number of ketones is 1. The number of amides is 2. The predicted octanol–water partition coefficient (Wildman–Crippen LogP) is -0.901. The van der Waals surface area contributed by atoms with Gasteiger partial charge in [0.2, 0.25) is 0 Å². The molecule has 0 fully saturated rings. The number of aliphatic carboxylic acids is 1. The fourth-order valence-electron chi connectivity index (χ4n) is 1.62. The van der Waals surface area contributed by atoms with E-state index >= 15 is 0 Å². The van der Waals surface area contributed by atoms with Crippen LogP contribution in [0.3, 0.4) is 0 Å². The minimum absolute atomic E-state index is 0.128. The lowest BCUT2D eigenvalue weighted by Crippen LogP contribution is -2.51. The van der Waals surface area contributed by atoms with Crippen molar-refractivity contribution in [1.82, 2.24) is 10.2 Å². The fourth-order valence-corrected chi connectivity index (χ4v) is 1.62. The topological polar surface area (TPSA) is 104 Å². The molecule has 0 radical (unpaired) electrons. The van der Waals surface area contributed by atoms with E-state index in [-0.39, 0.29) is 18.7 Å². The third kappa shape index (κ3) is 3.59. The SMILES string of the molecule is C=C(C)C(=O)C(CNCC(=O)O)N1C(=O)C=CC1=O. The molecule has 1 unspecified atom stereocenters. The molecule has 2 N–H and O–H groups in total. The maximum absolute atomic E-state index is 11.9. The van der Waals surface area contributed by atoms with Crippen molar-refractivity contribution >= 4 is 23.6 Å². The molecule has 1 atom stereocenters. The highest BCUT2D eigenvalue weighted by Gasteiger charge is 2.35. The second kappa shape index (κ2) is 6.05. The summed E-state index contributed by atoms with van der Waals surface area (Å²) >= 11 is 0. The van der Waals surface area contributed by atoms with Gasteiger partial charge in [0, 0.05) is 18.7 Å². The van der Waals surface area contributed by atoms with Crippen molar-refractivity contribution in [2.75, 3.05) is 13.1 Å². The van der Waals surface area contributed by atoms with E-state index in [0.717, 1.165) is 17.1 Å². The van der Waals surface area contributed by atoms with Gasteiger partial charge in [-0.15, -0.1) is 0 Å². The summed E-state index contributed by atoms with van der Waals surface area (Å²) in [7, 11) is 0. The molecule has 0 spiro atoms. The lowest BCUT2D eigenvalue weighted by atomic mass is 10.1. The molecule has 0 aromatic heterocycles. The molecule has 1 aliphatic heterocycles. The van der Waals surface area contributed by atoms with E-state index in [0.29, 0.717) is 0 Å². The van der Waals surface area contributed by atoms with Crippen molar-refractivity contribution in [3.63, 3.8) is 0 Å². The van der Waals surface area contributed by atoms with Gasteiger partial charge in [-0.05, 0) is 12.5 Å². The van der Waals surface area contributed by atoms with Crippen molar-refractivity contribution in [2.45, 2.75) is 13.0 Å². The zero-order valence-electron chi connectivity index (χ0n) is 10.4. The van der Waals surface area contributed by atoms with Crippen LogP contribution in [0, 0.1) is 0 Å². The quantitative estimate of drug-likeness (QED) is 0.457. The van der Waals surface area contributed by atoms with E-state index in [1.54, 1.807) is 0 Å². The molecule has 19 heavy (non-hydrogen) atoms. The Bertz CT molecular complexity index is 463. The first-order valence-electron chi connectivity index (χ1n) is 5.52. The first kappa shape index (κ1) is 14.8. The van der Waals surface area contributed by atoms with Gasteiger partial charge >= 0.3 is 5.97 Å². The molecule has 102 valence electrons. The maximum Gasteiger partial charge on any atom is 0.317 e. The molecule has 0 saturated heterocycles. The number of carboxylic acid groups (broad SMARTS) is 1. The Balaban J connectivity index is 2.83. The Labute approximate surface area is 109 Å². The van der Waals surface area contributed by atoms with Gasteiger partial charge in [-0.25, -0.2) is 0 Å². The molecule has 1 rings (SSSR count). The van der Waals surface area contributed by atoms with Crippen LogP contribution in [0.4, 0.5) is 0 Å². The maximum atomic E-state index is 11.9. The van der Waals surface area contributed by atoms with Crippen molar-refractivity contribution in [3.8, 4) is 0 Å². The van der Waals surface area contributed by atoms with Gasteiger partial charge in [-0.1, -0.05) is 6.58 Å². The van der Waals surface area contributed by atoms with Crippen molar-refractivity contribution in [2.24, 2.45) is 0 Å². The first-order chi connectivity index (χ1) is 8.84. The van der Waals surface area contributed by atoms with E-state index in [9.17, 15) is 19.2 Å². The molecule has 0 aliphatic carbocycles. The number of nitrogens with one attached hydrogen (secondary N) is 1. The molecule has 2 amide bonds. The van der Waals surface area contributed by atoms with Gasteiger partial charge in [-0.2, -0.15) is 0 Å². The van der Waals surface area contributed by atoms with Crippen LogP contribution < -0.4 is 5.32 Å². The number of imide groups is 1. The molecule has 0 saturated carbocycles. The molecule has 1 aliphatic rings. The highest BCUT2D eigenvalue weighted by atomic mass is 16.4. The van der Waals surface area contributed by atoms with Crippen LogP contribution in [-0.2, 0) is 19.2 Å². The van der Waals surface area contributed by atoms with Crippen molar-refractivity contribution < 1.29 is 24.3 Å². The number of carbonyl (C=O) groups excluding carboxylic acids is 3. The van der Waals surface area contributed by atoms with Crippen molar-refractivity contribution in [1.29, 1.82) is 0 Å². The summed E-state index contributed by atoms with van der Waals surface area (Å²) in [5.41, 5.74) is 0.189. The van der Waals surface area contributed by atoms with E-state index < -0.39 is 29.6 Å². The van der Waals surface area contributed by atoms with Crippen LogP contribution in [0.2, 0.25) is 0 Å². The van der Waals surface area contributed by atoms with Gasteiger partial charge < -0.3 is 10.4 Å². The number of Topliss-reactive ketones (excluding diaryl/α,β-unsaturated/α-hetero) is 1. The van der Waals surface area contributed by atoms with E-state index in [4.69, 9.17) is 5.11 Å². The van der Waals surface area contributed by atoms with Gasteiger partial charge in [0.05, 0.1) is 6.54 Å². The number of nitrogens with zero attached hydrogens (tertiary/aromatic N) is 1. The zero-order valence-corrected chi connectivity index (χ0v) is 10.4. The molecular formula is C12H14N2O5. The third-order valence-corrected chi connectivity index (χ3v) is 2.49. The lowest BCUT2D eigenvalue weighted by molar-refractivity contribution is -0.143. The van der Waals surface area contributed by atoms with E-state index in [1.165, 1.54) is 6.92 Å². The normalized spacial score (nSPS) is 15.7. The largest absolute Gasteiger partial charge is 0.480 e. The number of rotatable bonds is 7. The Kier molecular flexibility index (Phi) is 4.71. The second-order valence-corrected chi connectivity index (χ2v) is 4.06. The minimum Gasteiger partial charge on any atom is -0.480 e. The third-order valence-electron chi connectivity index (χ3n) is 2.49. The van der Waals surface area contributed by atoms with Crippen molar-refractivity contribution in [3.05, 3.63) is 24.3 Å². The Hall–Kier alpha value is -2.28. The number of hydrogen-bond acceptors (Lipinski definition) is 5. The first-order valence-corrected chi connectivity index (χ1v) is 5.52. The lowest BCUT2D eigenvalue weighted by Gasteiger charge is -2.25. The Morgan fingerprint density at radius 3 is 2.32 bits per heavy atom. The molecular weight excluding hydrogens is 252 g/mol. The summed E-state index contributed by atoms with van der Waals surface area (Å²) in [5, 5.41) is 11.0. The zero-order chi connectivity index (χ0) is 14.6. The number of carbonyl (C=O) groups is 4. The summed E-state index contributed by atoms with van der Waals surface area (Å²) in [6.07, 6.45) is 2.14. The number of carboxylic acids is 1. The average molecular weight is 266 g/mol. The fraction of sp³-hybridized carbons (Fsp3) is 0.333. The summed E-state index contributed by atoms with van der Waals surface area (Å²) in [5.74, 6) is -2.77. The molecule has 0 aromatic rings. The predicted molar refractivity (Wildman–Crippen MR) is 65.1 cm³/mol. The molecule has 0 aromatic carbocycles. The molecule has 0 bridgehead atoms. The molecule has 7 nitrogen and oxygen atoms in total.